The summed E-state index contributed by atoms with van der Waals surface area (Å²) in [5.74, 6) is 0.501. The molecule has 2 amide bonds. The van der Waals surface area contributed by atoms with Gasteiger partial charge in [-0.05, 0) is 38.5 Å². The predicted molar refractivity (Wildman–Crippen MR) is 95.7 cm³/mol. The molecule has 1 heterocycles. The Morgan fingerprint density at radius 3 is 2.75 bits per heavy atom. The molecule has 0 atom stereocenters. The number of nitrogens with zero attached hydrogens (tertiary/aromatic N) is 1. The van der Waals surface area contributed by atoms with Crippen molar-refractivity contribution in [2.75, 3.05) is 30.8 Å². The minimum absolute atomic E-state index is 0.0395. The van der Waals surface area contributed by atoms with Crippen molar-refractivity contribution in [3.8, 4) is 5.75 Å². The normalized spacial score (nSPS) is 18.9. The number of hydrogen-bond acceptors (Lipinski definition) is 4. The van der Waals surface area contributed by atoms with Crippen molar-refractivity contribution in [3.05, 3.63) is 23.2 Å². The number of amides is 2. The number of carbonyl (C=O) groups excluding carboxylic acids is 1. The molecule has 1 aliphatic rings. The van der Waals surface area contributed by atoms with Crippen LogP contribution in [-0.2, 0) is 9.84 Å². The van der Waals surface area contributed by atoms with Crippen LogP contribution in [0.4, 0.5) is 10.5 Å². The fraction of sp³-hybridized carbons (Fsp3) is 0.562. The standard InChI is InChI=1S/C16H23ClN2O4S/c1-4-8-23-14-6-5-12(17)10-13(14)18-15(20)19-7-9-24(21,22)16(2,3)11-19/h5-6,10H,4,7-9,11H2,1-3H3,(H,18,20). The van der Waals surface area contributed by atoms with E-state index in [1.165, 1.54) is 4.90 Å². The van der Waals surface area contributed by atoms with Crippen molar-refractivity contribution in [2.24, 2.45) is 0 Å². The van der Waals surface area contributed by atoms with Gasteiger partial charge in [0.15, 0.2) is 9.84 Å². The summed E-state index contributed by atoms with van der Waals surface area (Å²) >= 11 is 6.00. The van der Waals surface area contributed by atoms with Gasteiger partial charge < -0.3 is 15.0 Å². The molecule has 2 rings (SSSR count). The highest BCUT2D eigenvalue weighted by molar-refractivity contribution is 7.92. The number of hydrogen-bond donors (Lipinski definition) is 1. The average Bonchev–Trinajstić information content (AvgIpc) is 2.49. The molecule has 1 aliphatic heterocycles. The number of anilines is 1. The van der Waals surface area contributed by atoms with Crippen LogP contribution < -0.4 is 10.1 Å². The number of nitrogens with one attached hydrogen (secondary N) is 1. The van der Waals surface area contributed by atoms with Crippen LogP contribution >= 0.6 is 11.6 Å². The van der Waals surface area contributed by atoms with Crippen LogP contribution in [0.25, 0.3) is 0 Å². The van der Waals surface area contributed by atoms with Gasteiger partial charge in [-0.15, -0.1) is 0 Å². The van der Waals surface area contributed by atoms with Crippen molar-refractivity contribution >= 4 is 33.2 Å². The van der Waals surface area contributed by atoms with E-state index in [1.807, 2.05) is 6.92 Å². The molecule has 24 heavy (non-hydrogen) atoms. The molecule has 0 radical (unpaired) electrons. The largest absolute Gasteiger partial charge is 0.491 e. The van der Waals surface area contributed by atoms with Gasteiger partial charge in [0, 0.05) is 18.1 Å². The minimum atomic E-state index is -3.19. The van der Waals surface area contributed by atoms with Crippen molar-refractivity contribution in [1.82, 2.24) is 4.90 Å². The first kappa shape index (κ1) is 18.9. The zero-order chi connectivity index (χ0) is 18.0. The first-order valence-electron chi connectivity index (χ1n) is 7.87. The second-order valence-electron chi connectivity index (χ2n) is 6.42. The van der Waals surface area contributed by atoms with Gasteiger partial charge in [-0.2, -0.15) is 0 Å². The van der Waals surface area contributed by atoms with Gasteiger partial charge in [0.2, 0.25) is 0 Å². The number of ether oxygens (including phenoxy) is 1. The van der Waals surface area contributed by atoms with E-state index in [1.54, 1.807) is 32.0 Å². The number of sulfone groups is 1. The Morgan fingerprint density at radius 2 is 2.12 bits per heavy atom. The van der Waals surface area contributed by atoms with E-state index in [0.717, 1.165) is 6.42 Å². The Bertz CT molecular complexity index is 719. The molecular weight excluding hydrogens is 352 g/mol. The number of benzene rings is 1. The minimum Gasteiger partial charge on any atom is -0.491 e. The van der Waals surface area contributed by atoms with Crippen molar-refractivity contribution in [1.29, 1.82) is 0 Å². The molecule has 0 aromatic heterocycles. The van der Waals surface area contributed by atoms with Gasteiger partial charge in [-0.3, -0.25) is 0 Å². The van der Waals surface area contributed by atoms with E-state index in [9.17, 15) is 13.2 Å². The van der Waals surface area contributed by atoms with Crippen LogP contribution in [0.15, 0.2) is 18.2 Å². The third-order valence-corrected chi connectivity index (χ3v) is 6.74. The molecule has 0 bridgehead atoms. The van der Waals surface area contributed by atoms with Crippen molar-refractivity contribution in [3.63, 3.8) is 0 Å². The average molecular weight is 375 g/mol. The predicted octanol–water partition coefficient (Wildman–Crippen LogP) is 3.17. The number of carbonyl (C=O) groups is 1. The number of urea groups is 1. The summed E-state index contributed by atoms with van der Waals surface area (Å²) in [6, 6.07) is 4.66. The maximum atomic E-state index is 12.5. The molecule has 8 heteroatoms. The summed E-state index contributed by atoms with van der Waals surface area (Å²) in [6.45, 7) is 6.11. The summed E-state index contributed by atoms with van der Waals surface area (Å²) in [7, 11) is -3.19. The van der Waals surface area contributed by atoms with E-state index in [2.05, 4.69) is 5.32 Å². The SMILES string of the molecule is CCCOc1ccc(Cl)cc1NC(=O)N1CCS(=O)(=O)C(C)(C)C1. The Hall–Kier alpha value is -1.47. The van der Waals surface area contributed by atoms with Gasteiger partial charge >= 0.3 is 6.03 Å². The second kappa shape index (κ2) is 7.19. The lowest BCUT2D eigenvalue weighted by atomic mass is 10.2. The van der Waals surface area contributed by atoms with E-state index in [-0.39, 0.29) is 24.9 Å². The monoisotopic (exact) mass is 374 g/mol. The Kier molecular flexibility index (Phi) is 5.65. The maximum absolute atomic E-state index is 12.5. The fourth-order valence-electron chi connectivity index (χ4n) is 2.45. The lowest BCUT2D eigenvalue weighted by Crippen LogP contribution is -2.55. The summed E-state index contributed by atoms with van der Waals surface area (Å²) < 4.78 is 28.8. The molecule has 1 aromatic rings. The number of rotatable bonds is 4. The molecule has 6 nitrogen and oxygen atoms in total. The highest BCUT2D eigenvalue weighted by Crippen LogP contribution is 2.29. The van der Waals surface area contributed by atoms with Gasteiger partial charge in [-0.25, -0.2) is 13.2 Å². The Morgan fingerprint density at radius 1 is 1.42 bits per heavy atom. The lowest BCUT2D eigenvalue weighted by Gasteiger charge is -2.37. The highest BCUT2D eigenvalue weighted by atomic mass is 35.5. The van der Waals surface area contributed by atoms with E-state index in [4.69, 9.17) is 16.3 Å². The Labute approximate surface area is 148 Å². The van der Waals surface area contributed by atoms with Crippen LogP contribution in [0, 0.1) is 0 Å². The summed E-state index contributed by atoms with van der Waals surface area (Å²) in [6.07, 6.45) is 0.841. The van der Waals surface area contributed by atoms with Crippen LogP contribution in [0.5, 0.6) is 5.75 Å². The summed E-state index contributed by atoms with van der Waals surface area (Å²) in [4.78, 5) is 14.0. The summed E-state index contributed by atoms with van der Waals surface area (Å²) in [5, 5.41) is 3.26. The molecule has 1 saturated heterocycles. The van der Waals surface area contributed by atoms with E-state index in [0.29, 0.717) is 23.1 Å². The molecule has 1 N–H and O–H groups in total. The molecule has 1 aromatic carbocycles. The maximum Gasteiger partial charge on any atom is 0.322 e. The van der Waals surface area contributed by atoms with Crippen molar-refractivity contribution in [2.45, 2.75) is 31.9 Å². The summed E-state index contributed by atoms with van der Waals surface area (Å²) in [5.41, 5.74) is 0.479. The third kappa shape index (κ3) is 4.13. The van der Waals surface area contributed by atoms with Gasteiger partial charge in [0.1, 0.15) is 5.75 Å². The molecule has 134 valence electrons. The first-order chi connectivity index (χ1) is 11.2. The molecule has 1 fully saturated rings. The lowest BCUT2D eigenvalue weighted by molar-refractivity contribution is 0.206. The second-order valence-corrected chi connectivity index (χ2v) is 9.60. The van der Waals surface area contributed by atoms with Gasteiger partial charge in [0.25, 0.3) is 0 Å². The molecule has 0 saturated carbocycles. The fourth-order valence-corrected chi connectivity index (χ4v) is 3.99. The quantitative estimate of drug-likeness (QED) is 0.878. The van der Waals surface area contributed by atoms with Crippen LogP contribution in [0.1, 0.15) is 27.2 Å². The van der Waals surface area contributed by atoms with Crippen LogP contribution in [-0.4, -0.2) is 49.5 Å². The molecule has 0 spiro atoms. The van der Waals surface area contributed by atoms with Crippen molar-refractivity contribution < 1.29 is 17.9 Å². The van der Waals surface area contributed by atoms with Crippen LogP contribution in [0.3, 0.4) is 0 Å². The van der Waals surface area contributed by atoms with E-state index < -0.39 is 14.6 Å². The zero-order valence-corrected chi connectivity index (χ0v) is 15.7. The smallest absolute Gasteiger partial charge is 0.322 e. The highest BCUT2D eigenvalue weighted by Gasteiger charge is 2.41. The molecular formula is C16H23ClN2O4S. The number of halogens is 1. The Balaban J connectivity index is 2.14. The molecule has 0 aliphatic carbocycles. The topological polar surface area (TPSA) is 75.7 Å². The van der Waals surface area contributed by atoms with Crippen LogP contribution in [0.2, 0.25) is 5.02 Å². The third-order valence-electron chi connectivity index (χ3n) is 3.98. The van der Waals surface area contributed by atoms with Gasteiger partial charge in [-0.1, -0.05) is 18.5 Å². The van der Waals surface area contributed by atoms with E-state index >= 15 is 0 Å². The molecule has 0 unspecified atom stereocenters. The van der Waals surface area contributed by atoms with Gasteiger partial charge in [0.05, 0.1) is 22.8 Å². The zero-order valence-electron chi connectivity index (χ0n) is 14.1. The first-order valence-corrected chi connectivity index (χ1v) is 9.90.